The molecule has 0 fully saturated rings. The van der Waals surface area contributed by atoms with Crippen LogP contribution in [-0.2, 0) is 11.4 Å². The highest BCUT2D eigenvalue weighted by Gasteiger charge is 2.13. The summed E-state index contributed by atoms with van der Waals surface area (Å²) in [6, 6.07) is 16.4. The molecule has 0 spiro atoms. The third kappa shape index (κ3) is 5.89. The number of amides is 1. The van der Waals surface area contributed by atoms with Crippen LogP contribution in [0.2, 0.25) is 0 Å². The normalized spacial score (nSPS) is 10.8. The molecule has 1 heterocycles. The molecule has 168 valence electrons. The minimum Gasteiger partial charge on any atom is -0.493 e. The van der Waals surface area contributed by atoms with Crippen LogP contribution < -0.4 is 19.5 Å². The number of carbonyl (C=O) groups excluding carboxylic acids is 1. The molecule has 2 aromatic carbocycles. The maximum atomic E-state index is 12.7. The third-order valence-corrected chi connectivity index (χ3v) is 4.89. The van der Waals surface area contributed by atoms with Gasteiger partial charge in [0.15, 0.2) is 11.5 Å². The van der Waals surface area contributed by atoms with Gasteiger partial charge in [-0.1, -0.05) is 6.07 Å². The molecule has 3 rings (SSSR count). The van der Waals surface area contributed by atoms with Crippen molar-refractivity contribution in [1.82, 2.24) is 4.98 Å². The number of rotatable bonds is 8. The van der Waals surface area contributed by atoms with Crippen LogP contribution in [0.25, 0.3) is 6.08 Å². The van der Waals surface area contributed by atoms with Crippen molar-refractivity contribution in [3.05, 3.63) is 82.7 Å². The van der Waals surface area contributed by atoms with Crippen molar-refractivity contribution in [3.8, 4) is 23.3 Å². The number of nitrogens with zero attached hydrogens (tertiary/aromatic N) is 2. The Bertz CT molecular complexity index is 1190. The molecule has 0 saturated carbocycles. The molecule has 0 aliphatic heterocycles. The topological polar surface area (TPSA) is 93.5 Å². The standard InChI is InChI=1S/C26H25N3O4/c1-17-11-19(12-18(2)25(17)33-16-22-7-5-6-10-28-22)13-20(15-27)26(30)29-21-8-9-23(31-3)24(14-21)32-4/h5-14H,16H2,1-4H3,(H,29,30)/b20-13+. The van der Waals surface area contributed by atoms with Crippen molar-refractivity contribution in [2.75, 3.05) is 19.5 Å². The van der Waals surface area contributed by atoms with E-state index in [9.17, 15) is 10.1 Å². The largest absolute Gasteiger partial charge is 0.493 e. The summed E-state index contributed by atoms with van der Waals surface area (Å²) >= 11 is 0. The minimum absolute atomic E-state index is 0.0225. The maximum Gasteiger partial charge on any atom is 0.266 e. The Kier molecular flexibility index (Phi) is 7.66. The monoisotopic (exact) mass is 443 g/mol. The summed E-state index contributed by atoms with van der Waals surface area (Å²) in [6.07, 6.45) is 3.28. The highest BCUT2D eigenvalue weighted by molar-refractivity contribution is 6.09. The van der Waals surface area contributed by atoms with Crippen molar-refractivity contribution < 1.29 is 19.0 Å². The summed E-state index contributed by atoms with van der Waals surface area (Å²) in [4.78, 5) is 17.0. The van der Waals surface area contributed by atoms with Crippen molar-refractivity contribution in [1.29, 1.82) is 5.26 Å². The van der Waals surface area contributed by atoms with Crippen LogP contribution in [-0.4, -0.2) is 25.1 Å². The molecule has 0 bridgehead atoms. The van der Waals surface area contributed by atoms with Crippen LogP contribution >= 0.6 is 0 Å². The number of hydrogen-bond donors (Lipinski definition) is 1. The van der Waals surface area contributed by atoms with E-state index in [0.717, 1.165) is 28.1 Å². The highest BCUT2D eigenvalue weighted by atomic mass is 16.5. The van der Waals surface area contributed by atoms with E-state index in [1.54, 1.807) is 30.5 Å². The molecular weight excluding hydrogens is 418 g/mol. The smallest absolute Gasteiger partial charge is 0.266 e. The van der Waals surface area contributed by atoms with Crippen molar-refractivity contribution in [2.24, 2.45) is 0 Å². The molecule has 33 heavy (non-hydrogen) atoms. The maximum absolute atomic E-state index is 12.7. The average molecular weight is 444 g/mol. The number of nitrogens with one attached hydrogen (secondary N) is 1. The molecule has 0 saturated heterocycles. The number of anilines is 1. The first-order chi connectivity index (χ1) is 15.9. The lowest BCUT2D eigenvalue weighted by Crippen LogP contribution is -2.13. The molecule has 7 heteroatoms. The number of pyridine rings is 1. The van der Waals surface area contributed by atoms with E-state index in [1.165, 1.54) is 14.2 Å². The van der Waals surface area contributed by atoms with Crippen LogP contribution in [0.4, 0.5) is 5.69 Å². The van der Waals surface area contributed by atoms with Crippen molar-refractivity contribution in [3.63, 3.8) is 0 Å². The number of methoxy groups -OCH3 is 2. The fourth-order valence-corrected chi connectivity index (χ4v) is 3.35. The van der Waals surface area contributed by atoms with Crippen molar-refractivity contribution >= 4 is 17.7 Å². The van der Waals surface area contributed by atoms with Crippen LogP contribution in [0.1, 0.15) is 22.4 Å². The molecule has 0 radical (unpaired) electrons. The van der Waals surface area contributed by atoms with E-state index in [0.29, 0.717) is 23.8 Å². The van der Waals surface area contributed by atoms with Gasteiger partial charge in [0, 0.05) is 18.0 Å². The third-order valence-electron chi connectivity index (χ3n) is 4.89. The number of aryl methyl sites for hydroxylation is 2. The predicted molar refractivity (Wildman–Crippen MR) is 126 cm³/mol. The lowest BCUT2D eigenvalue weighted by molar-refractivity contribution is -0.112. The fraction of sp³-hybridized carbons (Fsp3) is 0.192. The van der Waals surface area contributed by atoms with Gasteiger partial charge in [-0.2, -0.15) is 5.26 Å². The summed E-state index contributed by atoms with van der Waals surface area (Å²) in [5, 5.41) is 12.3. The van der Waals surface area contributed by atoms with Gasteiger partial charge in [-0.05, 0) is 73.0 Å². The van der Waals surface area contributed by atoms with E-state index < -0.39 is 5.91 Å². The second kappa shape index (κ2) is 10.8. The lowest BCUT2D eigenvalue weighted by Gasteiger charge is -2.13. The van der Waals surface area contributed by atoms with E-state index in [2.05, 4.69) is 10.3 Å². The number of nitriles is 1. The van der Waals surface area contributed by atoms with Gasteiger partial charge in [0.1, 0.15) is 24.0 Å². The van der Waals surface area contributed by atoms with Gasteiger partial charge in [-0.15, -0.1) is 0 Å². The molecule has 7 nitrogen and oxygen atoms in total. The quantitative estimate of drug-likeness (QED) is 0.396. The summed E-state index contributed by atoms with van der Waals surface area (Å²) in [5.41, 5.74) is 3.83. The Balaban J connectivity index is 1.77. The van der Waals surface area contributed by atoms with Crippen molar-refractivity contribution in [2.45, 2.75) is 20.5 Å². The van der Waals surface area contributed by atoms with Gasteiger partial charge in [0.2, 0.25) is 0 Å². The Morgan fingerprint density at radius 2 is 1.79 bits per heavy atom. The van der Waals surface area contributed by atoms with Crippen LogP contribution in [0.5, 0.6) is 17.2 Å². The predicted octanol–water partition coefficient (Wildman–Crippen LogP) is 4.84. The summed E-state index contributed by atoms with van der Waals surface area (Å²) in [7, 11) is 3.05. The highest BCUT2D eigenvalue weighted by Crippen LogP contribution is 2.30. The number of hydrogen-bond acceptors (Lipinski definition) is 6. The number of ether oxygens (including phenoxy) is 3. The molecule has 3 aromatic rings. The summed E-state index contributed by atoms with van der Waals surface area (Å²) < 4.78 is 16.4. The molecule has 1 amide bonds. The summed E-state index contributed by atoms with van der Waals surface area (Å²) in [5.74, 6) is 1.26. The molecule has 0 atom stereocenters. The zero-order valence-electron chi connectivity index (χ0n) is 19.0. The van der Waals surface area contributed by atoms with Gasteiger partial charge in [-0.25, -0.2) is 0 Å². The van der Waals surface area contributed by atoms with Crippen LogP contribution in [0, 0.1) is 25.2 Å². The Morgan fingerprint density at radius 1 is 1.06 bits per heavy atom. The Hall–Kier alpha value is -4.31. The first kappa shape index (κ1) is 23.4. The second-order valence-electron chi connectivity index (χ2n) is 7.29. The molecule has 0 unspecified atom stereocenters. The van der Waals surface area contributed by atoms with Gasteiger partial charge in [0.25, 0.3) is 5.91 Å². The molecule has 0 aliphatic rings. The number of benzene rings is 2. The molecular formula is C26H25N3O4. The second-order valence-corrected chi connectivity index (χ2v) is 7.29. The molecule has 1 N–H and O–H groups in total. The van der Waals surface area contributed by atoms with Crippen LogP contribution in [0.15, 0.2) is 60.3 Å². The van der Waals surface area contributed by atoms with E-state index in [1.807, 2.05) is 50.2 Å². The zero-order chi connectivity index (χ0) is 23.8. The fourth-order valence-electron chi connectivity index (χ4n) is 3.35. The zero-order valence-corrected chi connectivity index (χ0v) is 19.0. The van der Waals surface area contributed by atoms with Gasteiger partial charge in [-0.3, -0.25) is 9.78 Å². The first-order valence-corrected chi connectivity index (χ1v) is 10.2. The molecule has 1 aromatic heterocycles. The first-order valence-electron chi connectivity index (χ1n) is 10.2. The summed E-state index contributed by atoms with van der Waals surface area (Å²) in [6.45, 7) is 4.20. The van der Waals surface area contributed by atoms with Gasteiger partial charge < -0.3 is 19.5 Å². The number of aromatic nitrogens is 1. The van der Waals surface area contributed by atoms with Gasteiger partial charge >= 0.3 is 0 Å². The Labute approximate surface area is 193 Å². The van der Waals surface area contributed by atoms with Crippen LogP contribution in [0.3, 0.4) is 0 Å². The minimum atomic E-state index is -0.518. The number of carbonyl (C=O) groups is 1. The van der Waals surface area contributed by atoms with E-state index >= 15 is 0 Å². The van der Waals surface area contributed by atoms with E-state index in [4.69, 9.17) is 14.2 Å². The molecule has 0 aliphatic carbocycles. The SMILES string of the molecule is COc1ccc(NC(=O)/C(C#N)=C/c2cc(C)c(OCc3ccccn3)c(C)c2)cc1OC. The average Bonchev–Trinajstić information content (AvgIpc) is 2.82. The lowest BCUT2D eigenvalue weighted by atomic mass is 10.0. The Morgan fingerprint density at radius 3 is 2.39 bits per heavy atom. The van der Waals surface area contributed by atoms with Gasteiger partial charge in [0.05, 0.1) is 19.9 Å². The van der Waals surface area contributed by atoms with E-state index in [-0.39, 0.29) is 5.57 Å².